The van der Waals surface area contributed by atoms with Gasteiger partial charge in [0.05, 0.1) is 17.9 Å². The van der Waals surface area contributed by atoms with Gasteiger partial charge in [0.1, 0.15) is 0 Å². The molecule has 0 radical (unpaired) electrons. The maximum absolute atomic E-state index is 11.4. The zero-order chi connectivity index (χ0) is 11.3. The highest BCUT2D eigenvalue weighted by molar-refractivity contribution is 9.10. The molecule has 0 rings (SSSR count). The first-order valence-electron chi connectivity index (χ1n) is 3.84. The van der Waals surface area contributed by atoms with Crippen molar-refractivity contribution in [3.63, 3.8) is 0 Å². The number of carbonyl (C=O) groups excluding carboxylic acids is 3. The van der Waals surface area contributed by atoms with Gasteiger partial charge in [0.25, 0.3) is 0 Å². The number of rotatable bonds is 5. The molecular weight excluding hydrogens is 254 g/mol. The number of primary amides is 2. The predicted octanol–water partition coefficient (Wildman–Crippen LogP) is -1.43. The highest BCUT2D eigenvalue weighted by atomic mass is 79.9. The van der Waals surface area contributed by atoms with Crippen LogP contribution in [0.25, 0.3) is 0 Å². The standard InChI is InChI=1S/C7H12BrN3O3/c1-4(8)7(14)11(2-5(9)12)3-6(10)13/h4H,2-3H2,1H3,(H2,9,12)(H2,10,13). The summed E-state index contributed by atoms with van der Waals surface area (Å²) in [5.41, 5.74) is 9.81. The number of nitrogens with two attached hydrogens (primary N) is 2. The normalized spacial score (nSPS) is 11.9. The van der Waals surface area contributed by atoms with E-state index in [1.54, 1.807) is 6.92 Å². The van der Waals surface area contributed by atoms with E-state index in [1.807, 2.05) is 0 Å². The Morgan fingerprint density at radius 1 is 1.21 bits per heavy atom. The molecule has 4 N–H and O–H groups in total. The molecular formula is C7H12BrN3O3. The average Bonchev–Trinajstić information content (AvgIpc) is 1.99. The van der Waals surface area contributed by atoms with Gasteiger partial charge in [-0.1, -0.05) is 15.9 Å². The third kappa shape index (κ3) is 4.80. The third-order valence-corrected chi connectivity index (χ3v) is 1.74. The minimum Gasteiger partial charge on any atom is -0.368 e. The van der Waals surface area contributed by atoms with Crippen molar-refractivity contribution in [2.45, 2.75) is 11.8 Å². The van der Waals surface area contributed by atoms with Crippen molar-refractivity contribution >= 4 is 33.7 Å². The van der Waals surface area contributed by atoms with Crippen molar-refractivity contribution < 1.29 is 14.4 Å². The lowest BCUT2D eigenvalue weighted by Gasteiger charge is -2.20. The van der Waals surface area contributed by atoms with Crippen LogP contribution in [-0.2, 0) is 14.4 Å². The molecule has 0 aromatic carbocycles. The first kappa shape index (κ1) is 12.9. The van der Waals surface area contributed by atoms with Gasteiger partial charge in [-0.2, -0.15) is 0 Å². The van der Waals surface area contributed by atoms with Crippen LogP contribution in [0.2, 0.25) is 0 Å². The molecule has 0 aliphatic heterocycles. The van der Waals surface area contributed by atoms with E-state index in [9.17, 15) is 14.4 Å². The maximum atomic E-state index is 11.4. The largest absolute Gasteiger partial charge is 0.368 e. The maximum Gasteiger partial charge on any atom is 0.237 e. The van der Waals surface area contributed by atoms with Crippen LogP contribution >= 0.6 is 15.9 Å². The lowest BCUT2D eigenvalue weighted by atomic mass is 10.3. The fourth-order valence-electron chi connectivity index (χ4n) is 0.840. The molecule has 80 valence electrons. The van der Waals surface area contributed by atoms with Crippen LogP contribution in [0.3, 0.4) is 0 Å². The van der Waals surface area contributed by atoms with Gasteiger partial charge in [-0.05, 0) is 6.92 Å². The second-order valence-corrected chi connectivity index (χ2v) is 4.12. The van der Waals surface area contributed by atoms with Crippen molar-refractivity contribution in [1.82, 2.24) is 4.90 Å². The molecule has 1 unspecified atom stereocenters. The molecule has 0 aliphatic carbocycles. The first-order chi connectivity index (χ1) is 6.34. The predicted molar refractivity (Wildman–Crippen MR) is 53.4 cm³/mol. The van der Waals surface area contributed by atoms with E-state index < -0.39 is 22.5 Å². The number of nitrogens with zero attached hydrogens (tertiary/aromatic N) is 1. The van der Waals surface area contributed by atoms with Gasteiger partial charge < -0.3 is 16.4 Å². The highest BCUT2D eigenvalue weighted by Crippen LogP contribution is 2.03. The average molecular weight is 266 g/mol. The topological polar surface area (TPSA) is 106 Å². The molecule has 0 fully saturated rings. The molecule has 6 nitrogen and oxygen atoms in total. The number of hydrogen-bond donors (Lipinski definition) is 2. The molecule has 0 spiro atoms. The summed E-state index contributed by atoms with van der Waals surface area (Å²) in [7, 11) is 0. The Hall–Kier alpha value is -1.11. The molecule has 0 saturated heterocycles. The Morgan fingerprint density at radius 2 is 1.57 bits per heavy atom. The van der Waals surface area contributed by atoms with Gasteiger partial charge >= 0.3 is 0 Å². The number of carbonyl (C=O) groups is 3. The lowest BCUT2D eigenvalue weighted by Crippen LogP contribution is -2.45. The van der Waals surface area contributed by atoms with Crippen LogP contribution in [0.1, 0.15) is 6.92 Å². The van der Waals surface area contributed by atoms with E-state index in [4.69, 9.17) is 11.5 Å². The molecule has 0 heterocycles. The van der Waals surface area contributed by atoms with Gasteiger partial charge in [0.15, 0.2) is 0 Å². The Bertz CT molecular complexity index is 239. The second-order valence-electron chi connectivity index (χ2n) is 2.74. The third-order valence-electron chi connectivity index (χ3n) is 1.35. The van der Waals surface area contributed by atoms with Crippen LogP contribution in [0.15, 0.2) is 0 Å². The molecule has 14 heavy (non-hydrogen) atoms. The van der Waals surface area contributed by atoms with Crippen LogP contribution in [0, 0.1) is 0 Å². The summed E-state index contributed by atoms with van der Waals surface area (Å²) in [5.74, 6) is -1.77. The quantitative estimate of drug-likeness (QED) is 0.595. The van der Waals surface area contributed by atoms with Crippen molar-refractivity contribution in [3.8, 4) is 0 Å². The van der Waals surface area contributed by atoms with E-state index in [1.165, 1.54) is 0 Å². The zero-order valence-corrected chi connectivity index (χ0v) is 9.28. The summed E-state index contributed by atoms with van der Waals surface area (Å²) in [5, 5.41) is 0. The molecule has 0 aromatic heterocycles. The van der Waals surface area contributed by atoms with Crippen LogP contribution < -0.4 is 11.5 Å². The Morgan fingerprint density at radius 3 is 1.79 bits per heavy atom. The summed E-state index contributed by atoms with van der Waals surface area (Å²) in [6.07, 6.45) is 0. The molecule has 0 saturated carbocycles. The SMILES string of the molecule is CC(Br)C(=O)N(CC(N)=O)CC(N)=O. The minimum absolute atomic E-state index is 0.308. The van der Waals surface area contributed by atoms with Gasteiger partial charge in [-0.25, -0.2) is 0 Å². The van der Waals surface area contributed by atoms with Crippen LogP contribution in [-0.4, -0.2) is 40.5 Å². The van der Waals surface area contributed by atoms with Crippen LogP contribution in [0.5, 0.6) is 0 Å². The summed E-state index contributed by atoms with van der Waals surface area (Å²) in [6, 6.07) is 0. The molecule has 7 heteroatoms. The van der Waals surface area contributed by atoms with E-state index >= 15 is 0 Å². The van der Waals surface area contributed by atoms with Gasteiger partial charge in [0, 0.05) is 0 Å². The number of amides is 3. The highest BCUT2D eigenvalue weighted by Gasteiger charge is 2.21. The molecule has 0 aromatic rings. The van der Waals surface area contributed by atoms with Crippen molar-refractivity contribution in [1.29, 1.82) is 0 Å². The summed E-state index contributed by atoms with van der Waals surface area (Å²) in [6.45, 7) is 0.965. The summed E-state index contributed by atoms with van der Waals surface area (Å²) >= 11 is 3.02. The Balaban J connectivity index is 4.46. The number of halogens is 1. The molecule has 0 aliphatic rings. The molecule has 1 atom stereocenters. The smallest absolute Gasteiger partial charge is 0.237 e. The Labute approximate surface area is 89.7 Å². The monoisotopic (exact) mass is 265 g/mol. The van der Waals surface area contributed by atoms with Crippen molar-refractivity contribution in [3.05, 3.63) is 0 Å². The minimum atomic E-state index is -0.687. The van der Waals surface area contributed by atoms with Gasteiger partial charge in [-0.3, -0.25) is 14.4 Å². The Kier molecular flexibility index (Phi) is 5.14. The fourth-order valence-corrected chi connectivity index (χ4v) is 1.13. The summed E-state index contributed by atoms with van der Waals surface area (Å²) < 4.78 is 0. The number of hydrogen-bond acceptors (Lipinski definition) is 3. The van der Waals surface area contributed by atoms with E-state index in [0.717, 1.165) is 4.90 Å². The van der Waals surface area contributed by atoms with Crippen molar-refractivity contribution in [2.24, 2.45) is 11.5 Å². The van der Waals surface area contributed by atoms with Crippen molar-refractivity contribution in [2.75, 3.05) is 13.1 Å². The van der Waals surface area contributed by atoms with E-state index in [-0.39, 0.29) is 13.1 Å². The van der Waals surface area contributed by atoms with E-state index in [2.05, 4.69) is 15.9 Å². The van der Waals surface area contributed by atoms with Gasteiger partial charge in [-0.15, -0.1) is 0 Å². The first-order valence-corrected chi connectivity index (χ1v) is 4.75. The fraction of sp³-hybridized carbons (Fsp3) is 0.571. The zero-order valence-electron chi connectivity index (χ0n) is 7.70. The van der Waals surface area contributed by atoms with Gasteiger partial charge in [0.2, 0.25) is 17.7 Å². The lowest BCUT2D eigenvalue weighted by molar-refractivity contribution is -0.137. The van der Waals surface area contributed by atoms with Crippen LogP contribution in [0.4, 0.5) is 0 Å². The van der Waals surface area contributed by atoms with E-state index in [0.29, 0.717) is 0 Å². The molecule has 3 amide bonds. The summed E-state index contributed by atoms with van der Waals surface area (Å²) in [4.78, 5) is 33.1. The molecule has 0 bridgehead atoms. The number of alkyl halides is 1. The second kappa shape index (κ2) is 5.58.